The molecule has 0 bridgehead atoms. The molecule has 0 aromatic rings. The lowest BCUT2D eigenvalue weighted by Crippen LogP contribution is -2.46. The van der Waals surface area contributed by atoms with Crippen LogP contribution in [0.2, 0.25) is 0 Å². The number of hydrogen-bond acceptors (Lipinski definition) is 3. The molecule has 3 N–H and O–H groups in total. The third kappa shape index (κ3) is 2.69. The predicted molar refractivity (Wildman–Crippen MR) is 54.7 cm³/mol. The average molecular weight is 200 g/mol. The summed E-state index contributed by atoms with van der Waals surface area (Å²) >= 11 is 0. The molecule has 1 saturated carbocycles. The van der Waals surface area contributed by atoms with Crippen LogP contribution in [0.3, 0.4) is 0 Å². The minimum atomic E-state index is -1.03. The van der Waals surface area contributed by atoms with Gasteiger partial charge >= 0.3 is 0 Å². The van der Waals surface area contributed by atoms with Crippen LogP contribution < -0.4 is 5.73 Å². The maximum absolute atomic E-state index is 11.6. The summed E-state index contributed by atoms with van der Waals surface area (Å²) in [6.07, 6.45) is 4.71. The number of amides is 1. The van der Waals surface area contributed by atoms with Crippen LogP contribution in [0.1, 0.15) is 32.1 Å². The molecule has 1 rings (SSSR count). The number of nitrogens with zero attached hydrogens (tertiary/aromatic N) is 1. The minimum Gasteiger partial charge on any atom is -0.382 e. The largest absolute Gasteiger partial charge is 0.382 e. The van der Waals surface area contributed by atoms with E-state index in [-0.39, 0.29) is 12.5 Å². The summed E-state index contributed by atoms with van der Waals surface area (Å²) in [5.74, 6) is -0.237. The van der Waals surface area contributed by atoms with Crippen molar-refractivity contribution in [1.82, 2.24) is 4.90 Å². The Kier molecular flexibility index (Phi) is 4.35. The van der Waals surface area contributed by atoms with E-state index in [9.17, 15) is 9.90 Å². The number of carbonyl (C=O) groups is 1. The number of likely N-dealkylation sites (N-methyl/N-ethyl adjacent to an activating group) is 1. The van der Waals surface area contributed by atoms with Gasteiger partial charge in [0.15, 0.2) is 0 Å². The maximum atomic E-state index is 11.6. The van der Waals surface area contributed by atoms with Crippen molar-refractivity contribution in [2.24, 2.45) is 5.73 Å². The van der Waals surface area contributed by atoms with Crippen LogP contribution in [0, 0.1) is 0 Å². The van der Waals surface area contributed by atoms with Crippen molar-refractivity contribution in [3.05, 3.63) is 0 Å². The van der Waals surface area contributed by atoms with Gasteiger partial charge in [0.1, 0.15) is 6.10 Å². The SMILES string of the molecule is CN(C(=O)C(O)CN)C1CCCCC1. The molecule has 0 aliphatic heterocycles. The van der Waals surface area contributed by atoms with E-state index >= 15 is 0 Å². The molecule has 4 nitrogen and oxygen atoms in total. The number of carbonyl (C=O) groups excluding carboxylic acids is 1. The second-order valence-electron chi connectivity index (χ2n) is 3.99. The molecule has 1 unspecified atom stereocenters. The van der Waals surface area contributed by atoms with Crippen molar-refractivity contribution < 1.29 is 9.90 Å². The summed E-state index contributed by atoms with van der Waals surface area (Å²) in [7, 11) is 1.76. The van der Waals surface area contributed by atoms with E-state index in [1.165, 1.54) is 19.3 Å². The van der Waals surface area contributed by atoms with Crippen LogP contribution in [0.15, 0.2) is 0 Å². The number of nitrogens with two attached hydrogens (primary N) is 1. The molecule has 1 amide bonds. The molecule has 0 spiro atoms. The maximum Gasteiger partial charge on any atom is 0.252 e. The molecule has 4 heteroatoms. The zero-order valence-electron chi connectivity index (χ0n) is 8.78. The van der Waals surface area contributed by atoms with Gasteiger partial charge in [-0.1, -0.05) is 19.3 Å². The van der Waals surface area contributed by atoms with Gasteiger partial charge in [0.05, 0.1) is 0 Å². The molecule has 0 heterocycles. The van der Waals surface area contributed by atoms with E-state index in [1.807, 2.05) is 0 Å². The zero-order valence-corrected chi connectivity index (χ0v) is 8.78. The van der Waals surface area contributed by atoms with Crippen LogP contribution in [0.5, 0.6) is 0 Å². The number of aliphatic hydroxyl groups is 1. The van der Waals surface area contributed by atoms with Crippen molar-refractivity contribution in [2.45, 2.75) is 44.2 Å². The third-order valence-corrected chi connectivity index (χ3v) is 2.98. The van der Waals surface area contributed by atoms with Crippen LogP contribution >= 0.6 is 0 Å². The second-order valence-corrected chi connectivity index (χ2v) is 3.99. The summed E-state index contributed by atoms with van der Waals surface area (Å²) in [5.41, 5.74) is 5.24. The molecule has 1 fully saturated rings. The van der Waals surface area contributed by atoms with Crippen LogP contribution in [-0.4, -0.2) is 41.7 Å². The van der Waals surface area contributed by atoms with E-state index in [0.29, 0.717) is 6.04 Å². The van der Waals surface area contributed by atoms with Crippen molar-refractivity contribution in [2.75, 3.05) is 13.6 Å². The van der Waals surface area contributed by atoms with Gasteiger partial charge in [0, 0.05) is 19.6 Å². The molecule has 1 aliphatic carbocycles. The zero-order chi connectivity index (χ0) is 10.6. The Balaban J connectivity index is 2.45. The monoisotopic (exact) mass is 200 g/mol. The van der Waals surface area contributed by atoms with Gasteiger partial charge in [-0.3, -0.25) is 4.79 Å². The van der Waals surface area contributed by atoms with Gasteiger partial charge in [0.25, 0.3) is 5.91 Å². The van der Waals surface area contributed by atoms with E-state index in [4.69, 9.17) is 5.73 Å². The van der Waals surface area contributed by atoms with Crippen molar-refractivity contribution in [3.63, 3.8) is 0 Å². The molecule has 0 radical (unpaired) electrons. The lowest BCUT2D eigenvalue weighted by Gasteiger charge is -2.32. The van der Waals surface area contributed by atoms with Gasteiger partial charge < -0.3 is 15.7 Å². The molecular weight excluding hydrogens is 180 g/mol. The average Bonchev–Trinajstić information content (AvgIpc) is 2.27. The molecule has 0 aromatic carbocycles. The Morgan fingerprint density at radius 3 is 2.57 bits per heavy atom. The number of rotatable bonds is 3. The third-order valence-electron chi connectivity index (χ3n) is 2.98. The van der Waals surface area contributed by atoms with Gasteiger partial charge in [-0.2, -0.15) is 0 Å². The molecule has 14 heavy (non-hydrogen) atoms. The summed E-state index contributed by atoms with van der Waals surface area (Å²) in [6, 6.07) is 0.303. The highest BCUT2D eigenvalue weighted by Crippen LogP contribution is 2.21. The first-order valence-corrected chi connectivity index (χ1v) is 5.31. The first-order chi connectivity index (χ1) is 6.66. The Hall–Kier alpha value is -0.610. The molecule has 0 aromatic heterocycles. The molecule has 82 valence electrons. The quantitative estimate of drug-likeness (QED) is 0.679. The summed E-state index contributed by atoms with van der Waals surface area (Å²) in [4.78, 5) is 13.2. The summed E-state index contributed by atoms with van der Waals surface area (Å²) in [5, 5.41) is 9.31. The summed E-state index contributed by atoms with van der Waals surface area (Å²) in [6.45, 7) is 0.00981. The van der Waals surface area contributed by atoms with E-state index in [0.717, 1.165) is 12.8 Å². The smallest absolute Gasteiger partial charge is 0.252 e. The Morgan fingerprint density at radius 2 is 2.07 bits per heavy atom. The van der Waals surface area contributed by atoms with E-state index in [1.54, 1.807) is 11.9 Å². The van der Waals surface area contributed by atoms with Gasteiger partial charge in [-0.05, 0) is 12.8 Å². The van der Waals surface area contributed by atoms with Crippen molar-refractivity contribution >= 4 is 5.91 Å². The molecule has 1 aliphatic rings. The first-order valence-electron chi connectivity index (χ1n) is 5.31. The number of aliphatic hydroxyl groups excluding tert-OH is 1. The summed E-state index contributed by atoms with van der Waals surface area (Å²) < 4.78 is 0. The van der Waals surface area contributed by atoms with Crippen molar-refractivity contribution in [1.29, 1.82) is 0 Å². The van der Waals surface area contributed by atoms with E-state index in [2.05, 4.69) is 0 Å². The molecule has 1 atom stereocenters. The van der Waals surface area contributed by atoms with Gasteiger partial charge in [-0.25, -0.2) is 0 Å². The Morgan fingerprint density at radius 1 is 1.50 bits per heavy atom. The van der Waals surface area contributed by atoms with Gasteiger partial charge in [-0.15, -0.1) is 0 Å². The fraction of sp³-hybridized carbons (Fsp3) is 0.900. The molecular formula is C10H20N2O2. The van der Waals surface area contributed by atoms with Crippen LogP contribution in [0.25, 0.3) is 0 Å². The Labute approximate surface area is 85.1 Å². The fourth-order valence-corrected chi connectivity index (χ4v) is 1.98. The van der Waals surface area contributed by atoms with E-state index < -0.39 is 6.10 Å². The first kappa shape index (κ1) is 11.5. The second kappa shape index (κ2) is 5.32. The predicted octanol–water partition coefficient (Wildman–Crippen LogP) is 0.0971. The minimum absolute atomic E-state index is 0.00981. The van der Waals surface area contributed by atoms with Gasteiger partial charge in [0.2, 0.25) is 0 Å². The van der Waals surface area contributed by atoms with Crippen LogP contribution in [-0.2, 0) is 4.79 Å². The topological polar surface area (TPSA) is 66.6 Å². The highest BCUT2D eigenvalue weighted by Gasteiger charge is 2.25. The standard InChI is InChI=1S/C10H20N2O2/c1-12(10(14)9(13)7-11)8-5-3-2-4-6-8/h8-9,13H,2-7,11H2,1H3. The van der Waals surface area contributed by atoms with Crippen molar-refractivity contribution in [3.8, 4) is 0 Å². The highest BCUT2D eigenvalue weighted by atomic mass is 16.3. The lowest BCUT2D eigenvalue weighted by atomic mass is 9.94. The number of hydrogen-bond donors (Lipinski definition) is 2. The lowest BCUT2D eigenvalue weighted by molar-refractivity contribution is -0.141. The Bertz CT molecular complexity index is 191. The normalized spacial score (nSPS) is 20.5. The fourth-order valence-electron chi connectivity index (χ4n) is 1.98. The highest BCUT2D eigenvalue weighted by molar-refractivity contribution is 5.80. The molecule has 0 saturated heterocycles. The van der Waals surface area contributed by atoms with Crippen LogP contribution in [0.4, 0.5) is 0 Å².